The number of hydrogen-bond acceptors (Lipinski definition) is 2. The first-order valence-corrected chi connectivity index (χ1v) is 7.20. The van der Waals surface area contributed by atoms with Gasteiger partial charge in [0.25, 0.3) is 0 Å². The highest BCUT2D eigenvalue weighted by molar-refractivity contribution is 9.10. The van der Waals surface area contributed by atoms with E-state index in [4.69, 9.17) is 0 Å². The molecular weight excluding hydrogens is 297 g/mol. The van der Waals surface area contributed by atoms with Crippen LogP contribution in [0.2, 0.25) is 0 Å². The Bertz CT molecular complexity index is 405. The molecule has 1 aliphatic rings. The molecule has 0 aromatic heterocycles. The van der Waals surface area contributed by atoms with Crippen molar-refractivity contribution in [3.63, 3.8) is 0 Å². The van der Waals surface area contributed by atoms with Crippen molar-refractivity contribution in [2.45, 2.75) is 32.2 Å². The van der Waals surface area contributed by atoms with E-state index in [1.54, 1.807) is 6.07 Å². The van der Waals surface area contributed by atoms with E-state index in [1.165, 1.54) is 25.0 Å². The topological polar surface area (TPSA) is 32.3 Å². The van der Waals surface area contributed by atoms with Crippen LogP contribution in [0.15, 0.2) is 22.7 Å². The van der Waals surface area contributed by atoms with Gasteiger partial charge in [-0.05, 0) is 36.6 Å². The number of rotatable bonds is 5. The molecule has 0 atom stereocenters. The van der Waals surface area contributed by atoms with Crippen LogP contribution in [-0.4, -0.2) is 18.3 Å². The van der Waals surface area contributed by atoms with E-state index < -0.39 is 0 Å². The van der Waals surface area contributed by atoms with E-state index in [0.29, 0.717) is 6.54 Å². The van der Waals surface area contributed by atoms with Gasteiger partial charge in [0, 0.05) is 29.6 Å². The molecule has 0 bridgehead atoms. The van der Waals surface area contributed by atoms with Crippen LogP contribution >= 0.6 is 15.9 Å². The van der Waals surface area contributed by atoms with E-state index in [2.05, 4.69) is 21.2 Å². The zero-order valence-electron chi connectivity index (χ0n) is 10.4. The summed E-state index contributed by atoms with van der Waals surface area (Å²) in [6, 6.07) is 4.71. The largest absolute Gasteiger partial charge is 0.396 e. The number of aliphatic hydroxyl groups excluding tert-OH is 1. The molecule has 0 amide bonds. The van der Waals surface area contributed by atoms with Crippen molar-refractivity contribution in [1.29, 1.82) is 0 Å². The molecule has 2 nitrogen and oxygen atoms in total. The molecule has 4 heteroatoms. The minimum Gasteiger partial charge on any atom is -0.396 e. The highest BCUT2D eigenvalue weighted by Crippen LogP contribution is 2.37. The molecule has 1 fully saturated rings. The van der Waals surface area contributed by atoms with Crippen molar-refractivity contribution < 1.29 is 9.50 Å². The summed E-state index contributed by atoms with van der Waals surface area (Å²) in [7, 11) is 0. The minimum atomic E-state index is -0.215. The van der Waals surface area contributed by atoms with E-state index >= 15 is 0 Å². The van der Waals surface area contributed by atoms with Gasteiger partial charge in [0.15, 0.2) is 0 Å². The molecule has 18 heavy (non-hydrogen) atoms. The monoisotopic (exact) mass is 315 g/mol. The quantitative estimate of drug-likeness (QED) is 0.874. The zero-order chi connectivity index (χ0) is 13.0. The lowest BCUT2D eigenvalue weighted by molar-refractivity contribution is 0.128. The van der Waals surface area contributed by atoms with Crippen LogP contribution < -0.4 is 5.32 Å². The average molecular weight is 316 g/mol. The fourth-order valence-corrected chi connectivity index (χ4v) is 3.04. The van der Waals surface area contributed by atoms with Gasteiger partial charge in [0.05, 0.1) is 0 Å². The summed E-state index contributed by atoms with van der Waals surface area (Å²) < 4.78 is 14.0. The van der Waals surface area contributed by atoms with Gasteiger partial charge in [-0.25, -0.2) is 4.39 Å². The molecule has 0 spiro atoms. The van der Waals surface area contributed by atoms with Crippen LogP contribution in [0.5, 0.6) is 0 Å². The van der Waals surface area contributed by atoms with Gasteiger partial charge in [-0.3, -0.25) is 0 Å². The van der Waals surface area contributed by atoms with E-state index in [-0.39, 0.29) is 17.8 Å². The maximum atomic E-state index is 13.1. The number of benzene rings is 1. The molecule has 0 saturated heterocycles. The smallest absolute Gasteiger partial charge is 0.123 e. The first kappa shape index (κ1) is 14.0. The third-order valence-corrected chi connectivity index (χ3v) is 4.60. The predicted molar refractivity (Wildman–Crippen MR) is 73.8 cm³/mol. The Morgan fingerprint density at radius 3 is 2.72 bits per heavy atom. The molecule has 0 heterocycles. The third-order valence-electron chi connectivity index (χ3n) is 3.82. The van der Waals surface area contributed by atoms with Crippen molar-refractivity contribution in [3.8, 4) is 0 Å². The molecule has 100 valence electrons. The van der Waals surface area contributed by atoms with Gasteiger partial charge in [0.1, 0.15) is 5.82 Å². The standard InChI is InChI=1S/C14H19BrFNO/c15-13-4-3-12(16)7-11(13)8-17-9-14(10-18)5-1-2-6-14/h3-4,7,17-18H,1-2,5-6,8-10H2. The van der Waals surface area contributed by atoms with Crippen molar-refractivity contribution in [2.24, 2.45) is 5.41 Å². The number of hydrogen-bond donors (Lipinski definition) is 2. The van der Waals surface area contributed by atoms with E-state index in [1.807, 2.05) is 0 Å². The highest BCUT2D eigenvalue weighted by Gasteiger charge is 2.32. The second kappa shape index (κ2) is 6.13. The first-order chi connectivity index (χ1) is 8.65. The second-order valence-corrected chi connectivity index (χ2v) is 6.06. The van der Waals surface area contributed by atoms with Crippen LogP contribution in [0.1, 0.15) is 31.2 Å². The molecule has 2 N–H and O–H groups in total. The summed E-state index contributed by atoms with van der Waals surface area (Å²) >= 11 is 3.42. The van der Waals surface area contributed by atoms with Crippen LogP contribution in [0.4, 0.5) is 4.39 Å². The molecule has 0 unspecified atom stereocenters. The minimum absolute atomic E-state index is 0.0415. The molecule has 1 aromatic carbocycles. The fourth-order valence-electron chi connectivity index (χ4n) is 2.66. The van der Waals surface area contributed by atoms with Gasteiger partial charge in [0.2, 0.25) is 0 Å². The molecular formula is C14H19BrFNO. The van der Waals surface area contributed by atoms with Crippen LogP contribution in [-0.2, 0) is 6.54 Å². The van der Waals surface area contributed by atoms with Crippen molar-refractivity contribution in [1.82, 2.24) is 5.32 Å². The van der Waals surface area contributed by atoms with Crippen molar-refractivity contribution in [2.75, 3.05) is 13.2 Å². The Morgan fingerprint density at radius 1 is 1.33 bits per heavy atom. The Kier molecular flexibility index (Phi) is 4.76. The van der Waals surface area contributed by atoms with Gasteiger partial charge in [-0.15, -0.1) is 0 Å². The van der Waals surface area contributed by atoms with E-state index in [9.17, 15) is 9.50 Å². The fraction of sp³-hybridized carbons (Fsp3) is 0.571. The summed E-state index contributed by atoms with van der Waals surface area (Å²) in [6.07, 6.45) is 4.57. The Balaban J connectivity index is 1.89. The summed E-state index contributed by atoms with van der Waals surface area (Å²) in [5, 5.41) is 12.8. The number of halogens is 2. The third kappa shape index (κ3) is 3.31. The zero-order valence-corrected chi connectivity index (χ0v) is 12.0. The molecule has 0 aliphatic heterocycles. The number of aliphatic hydroxyl groups is 1. The van der Waals surface area contributed by atoms with Gasteiger partial charge < -0.3 is 10.4 Å². The molecule has 1 aromatic rings. The van der Waals surface area contributed by atoms with Crippen molar-refractivity contribution >= 4 is 15.9 Å². The summed E-state index contributed by atoms with van der Waals surface area (Å²) in [5.74, 6) is -0.215. The lowest BCUT2D eigenvalue weighted by Gasteiger charge is -2.26. The van der Waals surface area contributed by atoms with Crippen LogP contribution in [0.25, 0.3) is 0 Å². The second-order valence-electron chi connectivity index (χ2n) is 5.20. The van der Waals surface area contributed by atoms with E-state index in [0.717, 1.165) is 29.4 Å². The van der Waals surface area contributed by atoms with Crippen LogP contribution in [0.3, 0.4) is 0 Å². The Labute approximate surface area is 116 Å². The predicted octanol–water partition coefficient (Wildman–Crippen LogP) is 3.23. The summed E-state index contributed by atoms with van der Waals surface area (Å²) in [6.45, 7) is 1.66. The normalized spacial score (nSPS) is 18.2. The Morgan fingerprint density at radius 2 is 2.06 bits per heavy atom. The lowest BCUT2D eigenvalue weighted by Crippen LogP contribution is -2.34. The maximum Gasteiger partial charge on any atom is 0.123 e. The van der Waals surface area contributed by atoms with Gasteiger partial charge >= 0.3 is 0 Å². The maximum absolute atomic E-state index is 13.1. The summed E-state index contributed by atoms with van der Waals surface area (Å²) in [4.78, 5) is 0. The van der Waals surface area contributed by atoms with Gasteiger partial charge in [-0.1, -0.05) is 28.8 Å². The summed E-state index contributed by atoms with van der Waals surface area (Å²) in [5.41, 5.74) is 0.959. The lowest BCUT2D eigenvalue weighted by atomic mass is 9.87. The van der Waals surface area contributed by atoms with Crippen LogP contribution in [0, 0.1) is 11.2 Å². The van der Waals surface area contributed by atoms with Gasteiger partial charge in [-0.2, -0.15) is 0 Å². The highest BCUT2D eigenvalue weighted by atomic mass is 79.9. The molecule has 1 saturated carbocycles. The van der Waals surface area contributed by atoms with Crippen molar-refractivity contribution in [3.05, 3.63) is 34.1 Å². The first-order valence-electron chi connectivity index (χ1n) is 6.41. The SMILES string of the molecule is OCC1(CNCc2cc(F)ccc2Br)CCCC1. The molecule has 0 radical (unpaired) electrons. The number of nitrogens with one attached hydrogen (secondary N) is 1. The molecule has 1 aliphatic carbocycles. The Hall–Kier alpha value is -0.450. The average Bonchev–Trinajstić information content (AvgIpc) is 2.83. The molecule has 2 rings (SSSR count).